The molecule has 3 saturated carbocycles. The smallest absolute Gasteiger partial charge is 0.126 e. The van der Waals surface area contributed by atoms with Crippen LogP contribution in [-0.2, 0) is 6.42 Å². The lowest BCUT2D eigenvalue weighted by Crippen LogP contribution is -2.30. The molecular formula is C31H49F. The highest BCUT2D eigenvalue weighted by Gasteiger charge is 2.36. The molecule has 180 valence electrons. The Bertz CT molecular complexity index is 686. The summed E-state index contributed by atoms with van der Waals surface area (Å²) >= 11 is 0. The van der Waals surface area contributed by atoms with E-state index in [0.29, 0.717) is 5.92 Å². The first-order valence-corrected chi connectivity index (χ1v) is 14.4. The fourth-order valence-electron chi connectivity index (χ4n) is 7.61. The van der Waals surface area contributed by atoms with Gasteiger partial charge in [-0.15, -0.1) is 0 Å². The predicted octanol–water partition coefficient (Wildman–Crippen LogP) is 9.85. The van der Waals surface area contributed by atoms with E-state index in [1.165, 1.54) is 102 Å². The van der Waals surface area contributed by atoms with Crippen LogP contribution in [0.1, 0.15) is 134 Å². The van der Waals surface area contributed by atoms with E-state index in [4.69, 9.17) is 0 Å². The molecular weight excluding hydrogens is 391 g/mol. The monoisotopic (exact) mass is 440 g/mol. The molecule has 0 spiro atoms. The third kappa shape index (κ3) is 6.38. The average molecular weight is 441 g/mol. The Balaban J connectivity index is 1.19. The SMILES string of the molecule is CCCCC1CCC(CCC2CCC3CC(c4ccc(CCC)c(F)c4)CCC3C2)CC1. The minimum absolute atomic E-state index is 0.0366. The second kappa shape index (κ2) is 12.0. The van der Waals surface area contributed by atoms with Crippen LogP contribution >= 0.6 is 0 Å². The Morgan fingerprint density at radius 3 is 2.09 bits per heavy atom. The van der Waals surface area contributed by atoms with E-state index in [1.54, 1.807) is 0 Å². The Morgan fingerprint density at radius 2 is 1.38 bits per heavy atom. The van der Waals surface area contributed by atoms with E-state index in [2.05, 4.69) is 26.0 Å². The minimum atomic E-state index is 0.0366. The van der Waals surface area contributed by atoms with Gasteiger partial charge in [-0.05, 0) is 91.2 Å². The second-order valence-electron chi connectivity index (χ2n) is 11.9. The molecule has 3 fully saturated rings. The van der Waals surface area contributed by atoms with Crippen molar-refractivity contribution >= 4 is 0 Å². The number of unbranched alkanes of at least 4 members (excludes halogenated alkanes) is 1. The van der Waals surface area contributed by atoms with Gasteiger partial charge in [-0.25, -0.2) is 4.39 Å². The molecule has 32 heavy (non-hydrogen) atoms. The molecule has 0 bridgehead atoms. The maximum Gasteiger partial charge on any atom is 0.126 e. The number of aryl methyl sites for hydroxylation is 1. The molecule has 4 atom stereocenters. The van der Waals surface area contributed by atoms with Crippen LogP contribution in [0.4, 0.5) is 4.39 Å². The Labute approximate surface area is 198 Å². The van der Waals surface area contributed by atoms with Crippen LogP contribution in [0.3, 0.4) is 0 Å². The van der Waals surface area contributed by atoms with Crippen LogP contribution < -0.4 is 0 Å². The van der Waals surface area contributed by atoms with E-state index in [0.717, 1.165) is 48.0 Å². The molecule has 0 nitrogen and oxygen atoms in total. The third-order valence-corrected chi connectivity index (χ3v) is 9.70. The van der Waals surface area contributed by atoms with Gasteiger partial charge in [0.1, 0.15) is 5.82 Å². The predicted molar refractivity (Wildman–Crippen MR) is 136 cm³/mol. The van der Waals surface area contributed by atoms with E-state index < -0.39 is 0 Å². The van der Waals surface area contributed by atoms with Gasteiger partial charge in [0.15, 0.2) is 0 Å². The summed E-state index contributed by atoms with van der Waals surface area (Å²) in [6.45, 7) is 4.46. The highest BCUT2D eigenvalue weighted by molar-refractivity contribution is 5.27. The van der Waals surface area contributed by atoms with Crippen molar-refractivity contribution < 1.29 is 4.39 Å². The summed E-state index contributed by atoms with van der Waals surface area (Å²) in [6.07, 6.45) is 23.6. The van der Waals surface area contributed by atoms with Gasteiger partial charge in [0, 0.05) is 0 Å². The largest absolute Gasteiger partial charge is 0.207 e. The zero-order chi connectivity index (χ0) is 22.3. The lowest BCUT2D eigenvalue weighted by atomic mass is 9.63. The third-order valence-electron chi connectivity index (χ3n) is 9.70. The number of rotatable bonds is 9. The van der Waals surface area contributed by atoms with Crippen molar-refractivity contribution in [3.63, 3.8) is 0 Å². The molecule has 3 aliphatic rings. The van der Waals surface area contributed by atoms with Gasteiger partial charge in [-0.2, -0.15) is 0 Å². The van der Waals surface area contributed by atoms with E-state index in [-0.39, 0.29) is 5.82 Å². The van der Waals surface area contributed by atoms with Gasteiger partial charge in [-0.1, -0.05) is 96.6 Å². The molecule has 3 aliphatic carbocycles. The van der Waals surface area contributed by atoms with Crippen LogP contribution in [0.15, 0.2) is 18.2 Å². The van der Waals surface area contributed by atoms with Gasteiger partial charge >= 0.3 is 0 Å². The number of halogens is 1. The van der Waals surface area contributed by atoms with Crippen molar-refractivity contribution in [2.45, 2.75) is 129 Å². The van der Waals surface area contributed by atoms with Gasteiger partial charge in [0.05, 0.1) is 0 Å². The quantitative estimate of drug-likeness (QED) is 0.358. The van der Waals surface area contributed by atoms with Crippen LogP contribution in [0.5, 0.6) is 0 Å². The lowest BCUT2D eigenvalue weighted by Gasteiger charge is -2.43. The van der Waals surface area contributed by atoms with E-state index >= 15 is 0 Å². The standard InChI is InChI=1S/C31H49F/c1-3-5-7-23-8-10-24(11-9-23)12-13-25-14-15-28-21-29(19-18-27(28)20-25)30-17-16-26(6-4-2)31(32)22-30/h16-17,22-25,27-29H,3-15,18-21H2,1-2H3. The second-order valence-corrected chi connectivity index (χ2v) is 11.9. The Hall–Kier alpha value is -0.850. The maximum absolute atomic E-state index is 14.5. The normalized spacial score (nSPS) is 33.1. The zero-order valence-electron chi connectivity index (χ0n) is 21.1. The Morgan fingerprint density at radius 1 is 0.719 bits per heavy atom. The van der Waals surface area contributed by atoms with Gasteiger partial charge in [0.2, 0.25) is 0 Å². The van der Waals surface area contributed by atoms with E-state index in [1.807, 2.05) is 6.07 Å². The number of benzene rings is 1. The van der Waals surface area contributed by atoms with Crippen molar-refractivity contribution in [1.29, 1.82) is 0 Å². The van der Waals surface area contributed by atoms with Gasteiger partial charge in [0.25, 0.3) is 0 Å². The van der Waals surface area contributed by atoms with E-state index in [9.17, 15) is 4.39 Å². The van der Waals surface area contributed by atoms with Gasteiger partial charge in [-0.3, -0.25) is 0 Å². The van der Waals surface area contributed by atoms with Crippen molar-refractivity contribution in [1.82, 2.24) is 0 Å². The van der Waals surface area contributed by atoms with Crippen LogP contribution in [0.25, 0.3) is 0 Å². The summed E-state index contributed by atoms with van der Waals surface area (Å²) in [7, 11) is 0. The van der Waals surface area contributed by atoms with Crippen molar-refractivity contribution in [2.75, 3.05) is 0 Å². The summed E-state index contributed by atoms with van der Waals surface area (Å²) in [5.41, 5.74) is 2.18. The first-order chi connectivity index (χ1) is 15.7. The maximum atomic E-state index is 14.5. The molecule has 0 saturated heterocycles. The molecule has 4 unspecified atom stereocenters. The summed E-state index contributed by atoms with van der Waals surface area (Å²) in [5, 5.41) is 0. The summed E-state index contributed by atoms with van der Waals surface area (Å²) in [4.78, 5) is 0. The molecule has 0 aromatic heterocycles. The first-order valence-electron chi connectivity index (χ1n) is 14.4. The lowest BCUT2D eigenvalue weighted by molar-refractivity contribution is 0.108. The van der Waals surface area contributed by atoms with Crippen molar-refractivity contribution in [3.05, 3.63) is 35.1 Å². The topological polar surface area (TPSA) is 0 Å². The summed E-state index contributed by atoms with van der Waals surface area (Å²) in [6, 6.07) is 6.18. The van der Waals surface area contributed by atoms with Crippen molar-refractivity contribution in [2.24, 2.45) is 29.6 Å². The first kappa shape index (κ1) is 24.3. The Kier molecular flexibility index (Phi) is 9.13. The fourth-order valence-corrected chi connectivity index (χ4v) is 7.61. The van der Waals surface area contributed by atoms with Gasteiger partial charge < -0.3 is 0 Å². The van der Waals surface area contributed by atoms with Crippen LogP contribution in [0.2, 0.25) is 0 Å². The molecule has 0 radical (unpaired) electrons. The molecule has 4 rings (SSSR count). The number of hydrogen-bond acceptors (Lipinski definition) is 0. The summed E-state index contributed by atoms with van der Waals surface area (Å²) in [5.74, 6) is 5.57. The van der Waals surface area contributed by atoms with Crippen LogP contribution in [0, 0.1) is 35.4 Å². The zero-order valence-corrected chi connectivity index (χ0v) is 21.1. The van der Waals surface area contributed by atoms with Crippen LogP contribution in [-0.4, -0.2) is 0 Å². The highest BCUT2D eigenvalue weighted by Crippen LogP contribution is 2.49. The number of hydrogen-bond donors (Lipinski definition) is 0. The molecule has 1 heteroatoms. The molecule has 0 N–H and O–H groups in total. The molecule has 0 amide bonds. The molecule has 1 aromatic rings. The molecule has 0 aliphatic heterocycles. The molecule has 1 aromatic carbocycles. The summed E-state index contributed by atoms with van der Waals surface area (Å²) < 4.78 is 14.5. The minimum Gasteiger partial charge on any atom is -0.207 e. The average Bonchev–Trinajstić information content (AvgIpc) is 2.83. The number of fused-ring (bicyclic) bond motifs is 1. The highest BCUT2D eigenvalue weighted by atomic mass is 19.1. The fraction of sp³-hybridized carbons (Fsp3) is 0.806. The van der Waals surface area contributed by atoms with Crippen molar-refractivity contribution in [3.8, 4) is 0 Å². The molecule has 0 heterocycles.